The first-order valence-electron chi connectivity index (χ1n) is 7.39. The summed E-state index contributed by atoms with van der Waals surface area (Å²) < 4.78 is 0. The van der Waals surface area contributed by atoms with Gasteiger partial charge in [0, 0.05) is 49.3 Å². The van der Waals surface area contributed by atoms with Gasteiger partial charge in [-0.1, -0.05) is 27.7 Å². The monoisotopic (exact) mass is 261 g/mol. The van der Waals surface area contributed by atoms with Gasteiger partial charge in [-0.25, -0.2) is 0 Å². The van der Waals surface area contributed by atoms with Gasteiger partial charge in [-0.2, -0.15) is 0 Å². The summed E-state index contributed by atoms with van der Waals surface area (Å²) in [6.07, 6.45) is 6.46. The van der Waals surface area contributed by atoms with Crippen LogP contribution in [-0.4, -0.2) is 24.1 Å². The van der Waals surface area contributed by atoms with Crippen molar-refractivity contribution in [3.05, 3.63) is 24.0 Å². The van der Waals surface area contributed by atoms with Crippen molar-refractivity contribution in [1.82, 2.24) is 10.3 Å². The third kappa shape index (κ3) is 3.93. The van der Waals surface area contributed by atoms with Gasteiger partial charge in [0.15, 0.2) is 0 Å². The third-order valence-corrected chi connectivity index (χ3v) is 4.04. The van der Waals surface area contributed by atoms with E-state index in [9.17, 15) is 0 Å². The van der Waals surface area contributed by atoms with Gasteiger partial charge in [-0.3, -0.25) is 4.98 Å². The summed E-state index contributed by atoms with van der Waals surface area (Å²) in [7, 11) is 0. The van der Waals surface area contributed by atoms with Crippen LogP contribution in [0.25, 0.3) is 0 Å². The van der Waals surface area contributed by atoms with Gasteiger partial charge in [0.2, 0.25) is 0 Å². The predicted octanol–water partition coefficient (Wildman–Crippen LogP) is 3.21. The minimum Gasteiger partial charge on any atom is -0.371 e. The fourth-order valence-corrected chi connectivity index (χ4v) is 2.53. The zero-order chi connectivity index (χ0) is 13.9. The molecule has 0 radical (unpaired) electrons. The van der Waals surface area contributed by atoms with Crippen molar-refractivity contribution in [2.75, 3.05) is 18.0 Å². The van der Waals surface area contributed by atoms with E-state index in [2.05, 4.69) is 49.0 Å². The minimum absolute atomic E-state index is 0.500. The third-order valence-electron chi connectivity index (χ3n) is 4.04. The van der Waals surface area contributed by atoms with Crippen LogP contribution in [0.15, 0.2) is 18.5 Å². The van der Waals surface area contributed by atoms with Crippen molar-refractivity contribution in [3.63, 3.8) is 0 Å². The molecule has 0 aromatic carbocycles. The zero-order valence-corrected chi connectivity index (χ0v) is 12.7. The quantitative estimate of drug-likeness (QED) is 0.902. The summed E-state index contributed by atoms with van der Waals surface area (Å²) in [6, 6.07) is 2.67. The lowest BCUT2D eigenvalue weighted by Crippen LogP contribution is -2.38. The lowest BCUT2D eigenvalue weighted by molar-refractivity contribution is 0.279. The maximum Gasteiger partial charge on any atom is 0.0442 e. The summed E-state index contributed by atoms with van der Waals surface area (Å²) in [5.41, 5.74) is 3.18. The first-order chi connectivity index (χ1) is 8.98. The van der Waals surface area contributed by atoms with Crippen molar-refractivity contribution < 1.29 is 0 Å². The Bertz CT molecular complexity index is 402. The fraction of sp³-hybridized carbons (Fsp3) is 0.688. The number of piperidine rings is 1. The molecule has 0 spiro atoms. The van der Waals surface area contributed by atoms with Crippen LogP contribution in [0.4, 0.5) is 5.69 Å². The smallest absolute Gasteiger partial charge is 0.0442 e. The highest BCUT2D eigenvalue weighted by atomic mass is 15.1. The van der Waals surface area contributed by atoms with Gasteiger partial charge in [0.1, 0.15) is 0 Å². The lowest BCUT2D eigenvalue weighted by Gasteiger charge is -2.39. The summed E-state index contributed by atoms with van der Waals surface area (Å²) >= 11 is 0. The number of nitrogens with one attached hydrogen (secondary N) is 1. The van der Waals surface area contributed by atoms with Gasteiger partial charge in [0.25, 0.3) is 0 Å². The second-order valence-electron chi connectivity index (χ2n) is 6.69. The van der Waals surface area contributed by atoms with Crippen LogP contribution < -0.4 is 10.2 Å². The Labute approximate surface area is 117 Å². The van der Waals surface area contributed by atoms with E-state index in [0.717, 1.165) is 19.6 Å². The second-order valence-corrected chi connectivity index (χ2v) is 6.69. The number of rotatable bonds is 4. The number of hydrogen-bond acceptors (Lipinski definition) is 3. The van der Waals surface area contributed by atoms with Crippen molar-refractivity contribution in [1.29, 1.82) is 0 Å². The van der Waals surface area contributed by atoms with E-state index < -0.39 is 0 Å². The molecule has 1 aliphatic rings. The topological polar surface area (TPSA) is 28.2 Å². The Morgan fingerprint density at radius 2 is 2.00 bits per heavy atom. The molecule has 0 bridgehead atoms. The average molecular weight is 261 g/mol. The molecule has 2 heterocycles. The van der Waals surface area contributed by atoms with Crippen molar-refractivity contribution in [3.8, 4) is 0 Å². The van der Waals surface area contributed by atoms with E-state index >= 15 is 0 Å². The van der Waals surface area contributed by atoms with Crippen molar-refractivity contribution in [2.24, 2.45) is 5.41 Å². The number of pyridine rings is 1. The van der Waals surface area contributed by atoms with Crippen molar-refractivity contribution in [2.45, 2.75) is 53.1 Å². The molecule has 0 aliphatic carbocycles. The van der Waals surface area contributed by atoms with Crippen LogP contribution in [0.5, 0.6) is 0 Å². The molecule has 1 aromatic rings. The fourth-order valence-electron chi connectivity index (χ4n) is 2.53. The summed E-state index contributed by atoms with van der Waals surface area (Å²) in [5.74, 6) is 0. The Morgan fingerprint density at radius 3 is 2.63 bits per heavy atom. The molecule has 0 amide bonds. The molecule has 2 rings (SSSR count). The van der Waals surface area contributed by atoms with E-state index in [1.54, 1.807) is 0 Å². The first-order valence-corrected chi connectivity index (χ1v) is 7.39. The Hall–Kier alpha value is -1.09. The number of hydrogen-bond donors (Lipinski definition) is 1. The highest BCUT2D eigenvalue weighted by Crippen LogP contribution is 2.33. The van der Waals surface area contributed by atoms with Gasteiger partial charge < -0.3 is 10.2 Å². The Morgan fingerprint density at radius 1 is 1.32 bits per heavy atom. The first kappa shape index (κ1) is 14.3. The van der Waals surface area contributed by atoms with Crippen LogP contribution in [0.3, 0.4) is 0 Å². The van der Waals surface area contributed by atoms with Gasteiger partial charge in [-0.05, 0) is 24.3 Å². The normalized spacial score (nSPS) is 18.9. The highest BCUT2D eigenvalue weighted by molar-refractivity contribution is 5.52. The molecule has 19 heavy (non-hydrogen) atoms. The molecule has 3 nitrogen and oxygen atoms in total. The molecular formula is C16H27N3. The molecule has 0 saturated carbocycles. The van der Waals surface area contributed by atoms with Crippen LogP contribution in [0.2, 0.25) is 0 Å². The molecule has 3 heteroatoms. The highest BCUT2D eigenvalue weighted by Gasteiger charge is 2.26. The average Bonchev–Trinajstić information content (AvgIpc) is 2.37. The van der Waals surface area contributed by atoms with Crippen LogP contribution in [-0.2, 0) is 6.54 Å². The molecule has 1 aliphatic heterocycles. The predicted molar refractivity (Wildman–Crippen MR) is 81.4 cm³/mol. The standard InChI is InChI=1S/C16H27N3/c1-13(2)18-12-14-11-17-8-5-15(14)19-9-6-16(3,4)7-10-19/h5,8,11,13,18H,6-7,9-10,12H2,1-4H3. The lowest BCUT2D eigenvalue weighted by atomic mass is 9.82. The summed E-state index contributed by atoms with van der Waals surface area (Å²) in [6.45, 7) is 12.3. The van der Waals surface area contributed by atoms with Gasteiger partial charge >= 0.3 is 0 Å². The van der Waals surface area contributed by atoms with Crippen LogP contribution in [0.1, 0.15) is 46.1 Å². The largest absolute Gasteiger partial charge is 0.371 e. The maximum absolute atomic E-state index is 4.28. The number of aromatic nitrogens is 1. The van der Waals surface area contributed by atoms with Gasteiger partial charge in [-0.15, -0.1) is 0 Å². The molecule has 1 fully saturated rings. The van der Waals surface area contributed by atoms with E-state index in [1.807, 2.05) is 12.4 Å². The van der Waals surface area contributed by atoms with E-state index in [1.165, 1.54) is 24.1 Å². The van der Waals surface area contributed by atoms with E-state index in [-0.39, 0.29) is 0 Å². The molecular weight excluding hydrogens is 234 g/mol. The Balaban J connectivity index is 2.07. The summed E-state index contributed by atoms with van der Waals surface area (Å²) in [4.78, 5) is 6.80. The molecule has 0 atom stereocenters. The molecule has 106 valence electrons. The van der Waals surface area contributed by atoms with Gasteiger partial charge in [0.05, 0.1) is 0 Å². The number of nitrogens with zero attached hydrogens (tertiary/aromatic N) is 2. The zero-order valence-electron chi connectivity index (χ0n) is 12.7. The minimum atomic E-state index is 0.500. The number of anilines is 1. The molecule has 1 saturated heterocycles. The second kappa shape index (κ2) is 5.91. The molecule has 1 aromatic heterocycles. The van der Waals surface area contributed by atoms with Crippen LogP contribution >= 0.6 is 0 Å². The summed E-state index contributed by atoms with van der Waals surface area (Å²) in [5, 5.41) is 3.49. The maximum atomic E-state index is 4.28. The van der Waals surface area contributed by atoms with Crippen molar-refractivity contribution >= 4 is 5.69 Å². The molecule has 1 N–H and O–H groups in total. The van der Waals surface area contributed by atoms with E-state index in [4.69, 9.17) is 0 Å². The van der Waals surface area contributed by atoms with E-state index in [0.29, 0.717) is 11.5 Å². The van der Waals surface area contributed by atoms with Crippen LogP contribution in [0, 0.1) is 5.41 Å². The Kier molecular flexibility index (Phi) is 4.46. The molecule has 0 unspecified atom stereocenters. The SMILES string of the molecule is CC(C)NCc1cnccc1N1CCC(C)(C)CC1.